The Hall–Kier alpha value is -0.630. The molecule has 102 valence electrons. The van der Waals surface area contributed by atoms with Crippen molar-refractivity contribution in [2.24, 2.45) is 11.8 Å². The van der Waals surface area contributed by atoms with Gasteiger partial charge < -0.3 is 0 Å². The molecule has 3 heteroatoms. The van der Waals surface area contributed by atoms with Crippen LogP contribution < -0.4 is 0 Å². The zero-order valence-corrected chi connectivity index (χ0v) is 13.3. The molecule has 0 saturated heterocycles. The Morgan fingerprint density at radius 3 is 1.89 bits per heavy atom. The van der Waals surface area contributed by atoms with Crippen LogP contribution in [0.2, 0.25) is 5.15 Å². The molecule has 0 radical (unpaired) electrons. The molecule has 0 aliphatic heterocycles. The second-order valence-electron chi connectivity index (χ2n) is 6.70. The average Bonchev–Trinajstić information content (AvgIpc) is 2.13. The minimum atomic E-state index is -0.000160. The summed E-state index contributed by atoms with van der Waals surface area (Å²) in [6.07, 6.45) is 0. The van der Waals surface area contributed by atoms with E-state index in [0.717, 1.165) is 11.5 Å². The van der Waals surface area contributed by atoms with Gasteiger partial charge in [-0.3, -0.25) is 0 Å². The van der Waals surface area contributed by atoms with E-state index in [4.69, 9.17) is 16.6 Å². The summed E-state index contributed by atoms with van der Waals surface area (Å²) in [4.78, 5) is 9.20. The van der Waals surface area contributed by atoms with E-state index in [0.29, 0.717) is 22.9 Å². The van der Waals surface area contributed by atoms with Crippen LogP contribution in [0.15, 0.2) is 6.07 Å². The third-order valence-electron chi connectivity index (χ3n) is 3.22. The van der Waals surface area contributed by atoms with Crippen LogP contribution in [0.25, 0.3) is 0 Å². The van der Waals surface area contributed by atoms with Crippen LogP contribution >= 0.6 is 11.6 Å². The molecule has 0 aliphatic carbocycles. The molecule has 1 rings (SSSR count). The lowest BCUT2D eigenvalue weighted by molar-refractivity contribution is 0.368. The second kappa shape index (κ2) is 5.56. The maximum absolute atomic E-state index is 6.16. The summed E-state index contributed by atoms with van der Waals surface area (Å²) >= 11 is 6.16. The summed E-state index contributed by atoms with van der Waals surface area (Å²) in [5, 5.41) is 0.552. The summed E-state index contributed by atoms with van der Waals surface area (Å²) in [7, 11) is 0. The van der Waals surface area contributed by atoms with E-state index in [1.165, 1.54) is 0 Å². The van der Waals surface area contributed by atoms with Gasteiger partial charge in [-0.1, -0.05) is 60.1 Å². The van der Waals surface area contributed by atoms with Crippen molar-refractivity contribution in [3.05, 3.63) is 22.7 Å². The van der Waals surface area contributed by atoms with Gasteiger partial charge in [-0.25, -0.2) is 9.97 Å². The van der Waals surface area contributed by atoms with Crippen LogP contribution in [0.1, 0.15) is 65.9 Å². The Balaban J connectivity index is 3.28. The predicted molar refractivity (Wildman–Crippen MR) is 78.2 cm³/mol. The number of aromatic nitrogens is 2. The summed E-state index contributed by atoms with van der Waals surface area (Å²) in [5.74, 6) is 2.26. The van der Waals surface area contributed by atoms with Gasteiger partial charge in [0.2, 0.25) is 0 Å². The van der Waals surface area contributed by atoms with E-state index < -0.39 is 0 Å². The molecule has 0 aliphatic rings. The van der Waals surface area contributed by atoms with Crippen LogP contribution in [-0.2, 0) is 5.41 Å². The molecule has 0 N–H and O–H groups in total. The zero-order valence-electron chi connectivity index (χ0n) is 12.6. The van der Waals surface area contributed by atoms with Gasteiger partial charge in [-0.15, -0.1) is 0 Å². The van der Waals surface area contributed by atoms with Crippen molar-refractivity contribution in [3.63, 3.8) is 0 Å². The molecule has 0 atom stereocenters. The third kappa shape index (κ3) is 3.68. The number of nitrogens with zero attached hydrogens (tertiary/aromatic N) is 2. The first-order chi connectivity index (χ1) is 8.12. The van der Waals surface area contributed by atoms with Crippen molar-refractivity contribution in [2.45, 2.75) is 59.8 Å². The maximum atomic E-state index is 6.16. The molecule has 0 saturated carbocycles. The van der Waals surface area contributed by atoms with Crippen molar-refractivity contribution in [1.29, 1.82) is 0 Å². The summed E-state index contributed by atoms with van der Waals surface area (Å²) in [5.41, 5.74) is 1.02. The Morgan fingerprint density at radius 2 is 1.50 bits per heavy atom. The van der Waals surface area contributed by atoms with E-state index in [1.807, 2.05) is 6.07 Å². The highest BCUT2D eigenvalue weighted by Gasteiger charge is 2.25. The highest BCUT2D eigenvalue weighted by atomic mass is 35.5. The molecule has 0 bridgehead atoms. The molecule has 1 aromatic heterocycles. The molecule has 1 heterocycles. The normalized spacial score (nSPS) is 12.8. The highest BCUT2D eigenvalue weighted by molar-refractivity contribution is 6.29. The lowest BCUT2D eigenvalue weighted by Crippen LogP contribution is -2.21. The first kappa shape index (κ1) is 15.4. The monoisotopic (exact) mass is 268 g/mol. The van der Waals surface area contributed by atoms with Crippen LogP contribution in [0.5, 0.6) is 0 Å². The third-order valence-corrected chi connectivity index (χ3v) is 3.41. The first-order valence-electron chi connectivity index (χ1n) is 6.68. The molecule has 2 nitrogen and oxygen atoms in total. The molecule has 0 aromatic carbocycles. The van der Waals surface area contributed by atoms with E-state index in [1.54, 1.807) is 0 Å². The molecular weight excluding hydrogens is 244 g/mol. The van der Waals surface area contributed by atoms with E-state index in [2.05, 4.69) is 53.5 Å². The molecule has 0 amide bonds. The minimum Gasteiger partial charge on any atom is -0.237 e. The summed E-state index contributed by atoms with van der Waals surface area (Å²) in [6, 6.07) is 1.88. The van der Waals surface area contributed by atoms with Gasteiger partial charge in [0.25, 0.3) is 0 Å². The smallest absolute Gasteiger partial charge is 0.133 e. The molecule has 1 aromatic rings. The van der Waals surface area contributed by atoms with Gasteiger partial charge in [0.05, 0.1) is 5.69 Å². The Kier molecular flexibility index (Phi) is 4.77. The SMILES string of the molecule is CC(C)C(c1nc(Cl)cc(C(C)(C)C)n1)C(C)C. The van der Waals surface area contributed by atoms with Crippen LogP contribution in [0.3, 0.4) is 0 Å². The first-order valence-corrected chi connectivity index (χ1v) is 7.05. The lowest BCUT2D eigenvalue weighted by Gasteiger charge is -2.26. The van der Waals surface area contributed by atoms with Gasteiger partial charge in [0.1, 0.15) is 11.0 Å². The van der Waals surface area contributed by atoms with E-state index in [9.17, 15) is 0 Å². The van der Waals surface area contributed by atoms with Crippen molar-refractivity contribution >= 4 is 11.6 Å². The molecular formula is C15H25ClN2. The maximum Gasteiger partial charge on any atom is 0.133 e. The highest BCUT2D eigenvalue weighted by Crippen LogP contribution is 2.32. The summed E-state index contributed by atoms with van der Waals surface area (Å²) in [6.45, 7) is 15.3. The largest absolute Gasteiger partial charge is 0.237 e. The van der Waals surface area contributed by atoms with E-state index >= 15 is 0 Å². The predicted octanol–water partition coefficient (Wildman–Crippen LogP) is 4.82. The lowest BCUT2D eigenvalue weighted by atomic mass is 9.84. The van der Waals surface area contributed by atoms with Crippen molar-refractivity contribution in [3.8, 4) is 0 Å². The van der Waals surface area contributed by atoms with Crippen molar-refractivity contribution < 1.29 is 0 Å². The summed E-state index contributed by atoms with van der Waals surface area (Å²) < 4.78 is 0. The van der Waals surface area contributed by atoms with E-state index in [-0.39, 0.29) is 5.41 Å². The zero-order chi connectivity index (χ0) is 14.1. The van der Waals surface area contributed by atoms with Gasteiger partial charge >= 0.3 is 0 Å². The second-order valence-corrected chi connectivity index (χ2v) is 7.09. The molecule has 18 heavy (non-hydrogen) atoms. The van der Waals surface area contributed by atoms with Gasteiger partial charge in [0.15, 0.2) is 0 Å². The topological polar surface area (TPSA) is 25.8 Å². The van der Waals surface area contributed by atoms with Crippen molar-refractivity contribution in [1.82, 2.24) is 9.97 Å². The number of halogens is 1. The number of hydrogen-bond acceptors (Lipinski definition) is 2. The van der Waals surface area contributed by atoms with Crippen LogP contribution in [-0.4, -0.2) is 9.97 Å². The number of rotatable bonds is 3. The Bertz CT molecular complexity index is 397. The fourth-order valence-corrected chi connectivity index (χ4v) is 2.52. The van der Waals surface area contributed by atoms with Crippen molar-refractivity contribution in [2.75, 3.05) is 0 Å². The quantitative estimate of drug-likeness (QED) is 0.734. The average molecular weight is 269 g/mol. The fourth-order valence-electron chi connectivity index (χ4n) is 2.33. The fraction of sp³-hybridized carbons (Fsp3) is 0.733. The van der Waals surface area contributed by atoms with Crippen LogP contribution in [0, 0.1) is 11.8 Å². The van der Waals surface area contributed by atoms with Gasteiger partial charge in [-0.2, -0.15) is 0 Å². The standard InChI is InChI=1S/C15H25ClN2/c1-9(2)13(10(3)4)14-17-11(15(5,6)7)8-12(16)18-14/h8-10,13H,1-7H3. The van der Waals surface area contributed by atoms with Gasteiger partial charge in [0, 0.05) is 11.3 Å². The molecule has 0 fully saturated rings. The Labute approximate surface area is 116 Å². The Morgan fingerprint density at radius 1 is 1.00 bits per heavy atom. The molecule has 0 unspecified atom stereocenters. The van der Waals surface area contributed by atoms with Gasteiger partial charge in [-0.05, 0) is 17.9 Å². The molecule has 0 spiro atoms. The minimum absolute atomic E-state index is 0.000160. The number of hydrogen-bond donors (Lipinski definition) is 0. The van der Waals surface area contributed by atoms with Crippen LogP contribution in [0.4, 0.5) is 0 Å².